The number of unbranched alkanes of at least 4 members (excludes halogenated alkanes) is 2. The first-order chi connectivity index (χ1) is 10.2. The lowest BCUT2D eigenvalue weighted by atomic mass is 10.2. The van der Waals surface area contributed by atoms with Crippen LogP contribution in [0.2, 0.25) is 0 Å². The van der Waals surface area contributed by atoms with E-state index in [-0.39, 0.29) is 11.6 Å². The van der Waals surface area contributed by atoms with Crippen LogP contribution in [-0.2, 0) is 0 Å². The van der Waals surface area contributed by atoms with Crippen molar-refractivity contribution in [2.24, 2.45) is 0 Å². The van der Waals surface area contributed by atoms with Crippen molar-refractivity contribution in [2.75, 3.05) is 17.2 Å². The average molecular weight is 292 g/mol. The molecule has 0 saturated carbocycles. The molecule has 0 radical (unpaired) electrons. The number of aromatic nitrogens is 2. The Hall–Kier alpha value is -2.24. The molecule has 1 aromatic heterocycles. The summed E-state index contributed by atoms with van der Waals surface area (Å²) >= 11 is 0. The number of hydrogen-bond acceptors (Lipinski definition) is 4. The molecule has 112 valence electrons. The maximum absolute atomic E-state index is 13.6. The summed E-state index contributed by atoms with van der Waals surface area (Å²) in [5.74, 6) is -0.364. The van der Waals surface area contributed by atoms with Crippen molar-refractivity contribution in [3.63, 3.8) is 0 Å². The first kappa shape index (κ1) is 15.2. The number of halogens is 2. The third-order valence-electron chi connectivity index (χ3n) is 2.92. The van der Waals surface area contributed by atoms with Crippen LogP contribution in [-0.4, -0.2) is 16.5 Å². The van der Waals surface area contributed by atoms with E-state index in [1.54, 1.807) is 12.3 Å². The van der Waals surface area contributed by atoms with E-state index in [4.69, 9.17) is 0 Å². The fraction of sp³-hybridized carbons (Fsp3) is 0.333. The maximum Gasteiger partial charge on any atom is 0.229 e. The van der Waals surface area contributed by atoms with Gasteiger partial charge >= 0.3 is 0 Å². The Morgan fingerprint density at radius 3 is 2.76 bits per heavy atom. The van der Waals surface area contributed by atoms with E-state index in [1.165, 1.54) is 12.1 Å². The number of hydrogen-bond donors (Lipinski definition) is 2. The smallest absolute Gasteiger partial charge is 0.229 e. The summed E-state index contributed by atoms with van der Waals surface area (Å²) < 4.78 is 26.4. The Bertz CT molecular complexity index is 590. The normalized spacial score (nSPS) is 10.4. The van der Waals surface area contributed by atoms with Gasteiger partial charge in [-0.1, -0.05) is 19.8 Å². The minimum Gasteiger partial charge on any atom is -0.370 e. The van der Waals surface area contributed by atoms with Crippen molar-refractivity contribution in [2.45, 2.75) is 26.2 Å². The molecule has 0 amide bonds. The van der Waals surface area contributed by atoms with Crippen LogP contribution < -0.4 is 10.6 Å². The van der Waals surface area contributed by atoms with Crippen molar-refractivity contribution >= 4 is 17.5 Å². The van der Waals surface area contributed by atoms with Crippen LogP contribution in [0.5, 0.6) is 0 Å². The molecule has 0 unspecified atom stereocenters. The quantitative estimate of drug-likeness (QED) is 0.754. The third-order valence-corrected chi connectivity index (χ3v) is 2.92. The van der Waals surface area contributed by atoms with Gasteiger partial charge in [0, 0.05) is 18.8 Å². The Kier molecular flexibility index (Phi) is 5.43. The molecule has 1 heterocycles. The molecule has 2 N–H and O–H groups in total. The molecule has 2 aromatic rings. The van der Waals surface area contributed by atoms with E-state index < -0.39 is 11.6 Å². The largest absolute Gasteiger partial charge is 0.370 e. The van der Waals surface area contributed by atoms with E-state index in [0.29, 0.717) is 5.82 Å². The highest BCUT2D eigenvalue weighted by atomic mass is 19.1. The van der Waals surface area contributed by atoms with Gasteiger partial charge < -0.3 is 10.6 Å². The summed E-state index contributed by atoms with van der Waals surface area (Å²) in [5.41, 5.74) is 0.138. The molecule has 6 heteroatoms. The van der Waals surface area contributed by atoms with Crippen LogP contribution in [0.4, 0.5) is 26.2 Å². The molecule has 2 rings (SSSR count). The van der Waals surface area contributed by atoms with Crippen molar-refractivity contribution in [3.8, 4) is 0 Å². The zero-order valence-corrected chi connectivity index (χ0v) is 11.9. The minimum atomic E-state index is -0.681. The molecular formula is C15H18F2N4. The fourth-order valence-electron chi connectivity index (χ4n) is 1.82. The van der Waals surface area contributed by atoms with Gasteiger partial charge in [-0.15, -0.1) is 0 Å². The van der Waals surface area contributed by atoms with Crippen LogP contribution in [0.15, 0.2) is 30.5 Å². The lowest BCUT2D eigenvalue weighted by Crippen LogP contribution is -2.06. The monoisotopic (exact) mass is 292 g/mol. The highest BCUT2D eigenvalue weighted by Gasteiger charge is 2.06. The van der Waals surface area contributed by atoms with Gasteiger partial charge in [-0.25, -0.2) is 13.8 Å². The summed E-state index contributed by atoms with van der Waals surface area (Å²) in [5, 5.41) is 5.92. The molecule has 1 aromatic carbocycles. The van der Waals surface area contributed by atoms with Crippen LogP contribution in [0.1, 0.15) is 26.2 Å². The van der Waals surface area contributed by atoms with Gasteiger partial charge in [0.05, 0.1) is 5.69 Å². The molecule has 0 saturated heterocycles. The molecule has 0 aliphatic carbocycles. The molecule has 0 fully saturated rings. The maximum atomic E-state index is 13.6. The van der Waals surface area contributed by atoms with Gasteiger partial charge in [-0.05, 0) is 24.6 Å². The van der Waals surface area contributed by atoms with Gasteiger partial charge in [0.15, 0.2) is 0 Å². The molecule has 21 heavy (non-hydrogen) atoms. The van der Waals surface area contributed by atoms with Crippen LogP contribution >= 0.6 is 0 Å². The van der Waals surface area contributed by atoms with Crippen LogP contribution in [0, 0.1) is 11.6 Å². The van der Waals surface area contributed by atoms with Gasteiger partial charge in [0.25, 0.3) is 0 Å². The summed E-state index contributed by atoms with van der Waals surface area (Å²) in [6.45, 7) is 2.97. The fourth-order valence-corrected chi connectivity index (χ4v) is 1.82. The summed E-state index contributed by atoms with van der Waals surface area (Å²) in [6, 6.07) is 5.06. The van der Waals surface area contributed by atoms with Crippen molar-refractivity contribution in [1.82, 2.24) is 9.97 Å². The molecule has 0 atom stereocenters. The lowest BCUT2D eigenvalue weighted by molar-refractivity contribution is 0.586. The van der Waals surface area contributed by atoms with Crippen molar-refractivity contribution < 1.29 is 8.78 Å². The molecule has 0 spiro atoms. The molecule has 0 aliphatic rings. The second-order valence-electron chi connectivity index (χ2n) is 4.65. The molecule has 0 bridgehead atoms. The number of rotatable bonds is 7. The Balaban J connectivity index is 2.00. The van der Waals surface area contributed by atoms with Gasteiger partial charge in [0.2, 0.25) is 5.95 Å². The minimum absolute atomic E-state index is 0.138. The summed E-state index contributed by atoms with van der Waals surface area (Å²) in [4.78, 5) is 8.26. The molecule has 0 aliphatic heterocycles. The molecular weight excluding hydrogens is 274 g/mol. The third kappa shape index (κ3) is 4.66. The average Bonchev–Trinajstić information content (AvgIpc) is 2.47. The van der Waals surface area contributed by atoms with E-state index in [2.05, 4.69) is 27.5 Å². The first-order valence-electron chi connectivity index (χ1n) is 6.98. The summed E-state index contributed by atoms with van der Waals surface area (Å²) in [7, 11) is 0. The van der Waals surface area contributed by atoms with Gasteiger partial charge in [-0.3, -0.25) is 0 Å². The lowest BCUT2D eigenvalue weighted by Gasteiger charge is -2.08. The topological polar surface area (TPSA) is 49.8 Å². The second kappa shape index (κ2) is 7.52. The Morgan fingerprint density at radius 2 is 2.00 bits per heavy atom. The highest BCUT2D eigenvalue weighted by molar-refractivity contribution is 5.55. The predicted octanol–water partition coefficient (Wildman–Crippen LogP) is 4.10. The van der Waals surface area contributed by atoms with Gasteiger partial charge in [0.1, 0.15) is 17.5 Å². The van der Waals surface area contributed by atoms with Crippen molar-refractivity contribution in [1.29, 1.82) is 0 Å². The predicted molar refractivity (Wildman–Crippen MR) is 79.7 cm³/mol. The number of benzene rings is 1. The van der Waals surface area contributed by atoms with Crippen LogP contribution in [0.3, 0.4) is 0 Å². The highest BCUT2D eigenvalue weighted by Crippen LogP contribution is 2.19. The van der Waals surface area contributed by atoms with Crippen LogP contribution in [0.25, 0.3) is 0 Å². The van der Waals surface area contributed by atoms with E-state index in [9.17, 15) is 8.78 Å². The number of nitrogens with zero attached hydrogens (tertiary/aromatic N) is 2. The first-order valence-corrected chi connectivity index (χ1v) is 6.98. The van der Waals surface area contributed by atoms with Crippen molar-refractivity contribution in [3.05, 3.63) is 42.1 Å². The molecule has 4 nitrogen and oxygen atoms in total. The number of nitrogens with one attached hydrogen (secondary N) is 2. The SMILES string of the molecule is CCCCCNc1ccnc(Nc2ccc(F)cc2F)n1. The second-order valence-corrected chi connectivity index (χ2v) is 4.65. The Labute approximate surface area is 122 Å². The van der Waals surface area contributed by atoms with E-state index >= 15 is 0 Å². The number of anilines is 3. The zero-order chi connectivity index (χ0) is 15.1. The zero-order valence-electron chi connectivity index (χ0n) is 11.9. The standard InChI is InChI=1S/C15H18F2N4/c1-2-3-4-8-18-14-7-9-19-15(21-14)20-13-6-5-11(16)10-12(13)17/h5-7,9-10H,2-4,8H2,1H3,(H2,18,19,20,21). The van der Waals surface area contributed by atoms with E-state index in [1.807, 2.05) is 0 Å². The van der Waals surface area contributed by atoms with Gasteiger partial charge in [-0.2, -0.15) is 4.98 Å². The summed E-state index contributed by atoms with van der Waals surface area (Å²) in [6.07, 6.45) is 4.96. The Morgan fingerprint density at radius 1 is 1.14 bits per heavy atom. The van der Waals surface area contributed by atoms with E-state index in [0.717, 1.165) is 31.9 Å².